The van der Waals surface area contributed by atoms with Gasteiger partial charge in [0.25, 0.3) is 0 Å². The number of rotatable bonds is 5. The fourth-order valence-electron chi connectivity index (χ4n) is 3.46. The Hall–Kier alpha value is -3.38. The summed E-state index contributed by atoms with van der Waals surface area (Å²) in [6, 6.07) is 5.89. The SMILES string of the molecule is CC(C)(C)c1nc(-c2c(F)ccc(CS(=O)(=O)c3c(F)cccc3F)c2F)c(-c2ccnc(N)n2)s1. The number of hydrogen-bond acceptors (Lipinski definition) is 7. The fraction of sp³-hybridized carbons (Fsp3) is 0.208. The molecule has 0 spiro atoms. The topological polar surface area (TPSA) is 98.8 Å². The van der Waals surface area contributed by atoms with Gasteiger partial charge in [-0.25, -0.2) is 40.9 Å². The van der Waals surface area contributed by atoms with Crippen molar-refractivity contribution in [2.75, 3.05) is 5.73 Å². The molecule has 0 saturated carbocycles. The van der Waals surface area contributed by atoms with E-state index in [4.69, 9.17) is 5.73 Å². The van der Waals surface area contributed by atoms with Crippen LogP contribution in [0.25, 0.3) is 21.8 Å². The highest BCUT2D eigenvalue weighted by Crippen LogP contribution is 2.42. The third-order valence-electron chi connectivity index (χ3n) is 5.16. The Morgan fingerprint density at radius 3 is 2.22 bits per heavy atom. The molecule has 36 heavy (non-hydrogen) atoms. The van der Waals surface area contributed by atoms with Gasteiger partial charge in [0, 0.05) is 17.2 Å². The molecule has 12 heteroatoms. The second-order valence-corrected chi connectivity index (χ2v) is 11.9. The van der Waals surface area contributed by atoms with Crippen molar-refractivity contribution >= 4 is 27.1 Å². The molecule has 2 aromatic heterocycles. The highest BCUT2D eigenvalue weighted by atomic mass is 32.2. The first-order valence-electron chi connectivity index (χ1n) is 10.5. The van der Waals surface area contributed by atoms with Crippen molar-refractivity contribution in [2.45, 2.75) is 36.8 Å². The average molecular weight is 537 g/mol. The summed E-state index contributed by atoms with van der Waals surface area (Å²) in [4.78, 5) is 11.6. The molecule has 0 fully saturated rings. The Morgan fingerprint density at radius 2 is 1.61 bits per heavy atom. The van der Waals surface area contributed by atoms with Gasteiger partial charge < -0.3 is 5.73 Å². The number of aromatic nitrogens is 3. The molecule has 0 unspecified atom stereocenters. The molecule has 0 aliphatic rings. The van der Waals surface area contributed by atoms with Gasteiger partial charge in [0.15, 0.2) is 9.84 Å². The number of thiazole rings is 1. The molecule has 6 nitrogen and oxygen atoms in total. The zero-order chi connectivity index (χ0) is 26.4. The van der Waals surface area contributed by atoms with Crippen molar-refractivity contribution in [2.24, 2.45) is 0 Å². The van der Waals surface area contributed by atoms with Crippen LogP contribution in [0.2, 0.25) is 0 Å². The number of halogens is 4. The third-order valence-corrected chi connectivity index (χ3v) is 8.37. The number of nitrogens with two attached hydrogens (primary N) is 1. The van der Waals surface area contributed by atoms with Crippen molar-refractivity contribution in [3.05, 3.63) is 76.4 Å². The molecule has 0 radical (unpaired) electrons. The van der Waals surface area contributed by atoms with Crippen LogP contribution in [0.3, 0.4) is 0 Å². The number of nitrogens with zero attached hydrogens (tertiary/aromatic N) is 3. The largest absolute Gasteiger partial charge is 0.368 e. The Balaban J connectivity index is 1.90. The molecule has 2 N–H and O–H groups in total. The highest BCUT2D eigenvalue weighted by molar-refractivity contribution is 7.90. The first-order valence-corrected chi connectivity index (χ1v) is 13.0. The van der Waals surface area contributed by atoms with E-state index in [9.17, 15) is 17.2 Å². The lowest BCUT2D eigenvalue weighted by Gasteiger charge is -2.14. The van der Waals surface area contributed by atoms with E-state index in [1.54, 1.807) is 0 Å². The minimum Gasteiger partial charge on any atom is -0.368 e. The summed E-state index contributed by atoms with van der Waals surface area (Å²) in [6.07, 6.45) is 1.39. The second-order valence-electron chi connectivity index (χ2n) is 8.95. The van der Waals surface area contributed by atoms with Crippen LogP contribution in [0.5, 0.6) is 0 Å². The molecular formula is C24H20F4N4O2S2. The molecule has 4 aromatic rings. The van der Waals surface area contributed by atoms with Gasteiger partial charge in [-0.05, 0) is 24.3 Å². The van der Waals surface area contributed by atoms with Crippen LogP contribution in [0.1, 0.15) is 31.3 Å². The van der Waals surface area contributed by atoms with Crippen molar-refractivity contribution < 1.29 is 26.0 Å². The molecular weight excluding hydrogens is 516 g/mol. The zero-order valence-electron chi connectivity index (χ0n) is 19.3. The quantitative estimate of drug-likeness (QED) is 0.330. The van der Waals surface area contributed by atoms with Gasteiger partial charge in [-0.15, -0.1) is 11.3 Å². The monoisotopic (exact) mass is 536 g/mol. The standard InChI is InChI=1S/C24H20F4N4O2S2/c1-24(2,3)22-32-19(20(35-22)16-9-10-30-23(29)31-16)17-13(25)8-7-12(18(17)28)11-36(33,34)21-14(26)5-4-6-15(21)27/h4-10H,11H2,1-3H3,(H2,29,30,31). The van der Waals surface area contributed by atoms with Gasteiger partial charge in [-0.3, -0.25) is 0 Å². The van der Waals surface area contributed by atoms with Crippen LogP contribution >= 0.6 is 11.3 Å². The summed E-state index contributed by atoms with van der Waals surface area (Å²) in [5.74, 6) is -6.00. The Labute approximate surface area is 208 Å². The van der Waals surface area contributed by atoms with Crippen LogP contribution in [0.4, 0.5) is 23.5 Å². The smallest absolute Gasteiger partial charge is 0.220 e. The number of anilines is 1. The summed E-state index contributed by atoms with van der Waals surface area (Å²) in [7, 11) is -4.66. The lowest BCUT2D eigenvalue weighted by molar-refractivity contribution is 0.517. The normalized spacial score (nSPS) is 12.2. The second kappa shape index (κ2) is 9.25. The Bertz CT molecular complexity index is 1560. The van der Waals surface area contributed by atoms with Gasteiger partial charge in [-0.1, -0.05) is 32.9 Å². The van der Waals surface area contributed by atoms with Crippen LogP contribution in [0, 0.1) is 23.3 Å². The van der Waals surface area contributed by atoms with E-state index >= 15 is 8.78 Å². The minimum atomic E-state index is -4.66. The maximum atomic E-state index is 15.8. The van der Waals surface area contributed by atoms with E-state index in [2.05, 4.69) is 15.0 Å². The van der Waals surface area contributed by atoms with Gasteiger partial charge in [0.1, 0.15) is 28.2 Å². The van der Waals surface area contributed by atoms with E-state index < -0.39 is 60.3 Å². The predicted octanol–water partition coefficient (Wildman–Crippen LogP) is 5.68. The molecule has 0 aliphatic carbocycles. The fourth-order valence-corrected chi connectivity index (χ4v) is 6.07. The molecule has 188 valence electrons. The number of sulfone groups is 1. The van der Waals surface area contributed by atoms with Crippen LogP contribution in [-0.4, -0.2) is 23.4 Å². The van der Waals surface area contributed by atoms with Crippen molar-refractivity contribution in [3.8, 4) is 21.8 Å². The van der Waals surface area contributed by atoms with E-state index in [1.165, 1.54) is 12.3 Å². The van der Waals surface area contributed by atoms with Crippen LogP contribution < -0.4 is 5.73 Å². The van der Waals surface area contributed by atoms with Crippen molar-refractivity contribution in [3.63, 3.8) is 0 Å². The molecule has 0 aliphatic heterocycles. The van der Waals surface area contributed by atoms with E-state index in [-0.39, 0.29) is 17.3 Å². The molecule has 0 saturated heterocycles. The van der Waals surface area contributed by atoms with E-state index in [0.29, 0.717) is 9.88 Å². The average Bonchev–Trinajstić information content (AvgIpc) is 3.21. The van der Waals surface area contributed by atoms with Crippen molar-refractivity contribution in [1.82, 2.24) is 15.0 Å². The summed E-state index contributed by atoms with van der Waals surface area (Å²) in [5.41, 5.74) is 4.31. The predicted molar refractivity (Wildman–Crippen MR) is 129 cm³/mol. The van der Waals surface area contributed by atoms with Crippen LogP contribution in [-0.2, 0) is 21.0 Å². The minimum absolute atomic E-state index is 0.0585. The summed E-state index contributed by atoms with van der Waals surface area (Å²) < 4.78 is 84.7. The molecule has 2 aromatic carbocycles. The summed E-state index contributed by atoms with van der Waals surface area (Å²) in [5, 5.41) is 0.537. The lowest BCUT2D eigenvalue weighted by Crippen LogP contribution is -2.12. The van der Waals surface area contributed by atoms with E-state index in [0.717, 1.165) is 41.7 Å². The maximum Gasteiger partial charge on any atom is 0.220 e. The van der Waals surface area contributed by atoms with Gasteiger partial charge >= 0.3 is 0 Å². The molecule has 2 heterocycles. The molecule has 0 amide bonds. The highest BCUT2D eigenvalue weighted by Gasteiger charge is 2.30. The summed E-state index contributed by atoms with van der Waals surface area (Å²) in [6.45, 7) is 5.60. The molecule has 0 bridgehead atoms. The molecule has 0 atom stereocenters. The van der Waals surface area contributed by atoms with E-state index in [1.807, 2.05) is 20.8 Å². The Morgan fingerprint density at radius 1 is 0.944 bits per heavy atom. The van der Waals surface area contributed by atoms with Gasteiger partial charge in [0.05, 0.1) is 32.6 Å². The number of hydrogen-bond donors (Lipinski definition) is 1. The number of benzene rings is 2. The lowest BCUT2D eigenvalue weighted by atomic mass is 9.98. The first-order chi connectivity index (χ1) is 16.8. The van der Waals surface area contributed by atoms with Gasteiger partial charge in [-0.2, -0.15) is 0 Å². The van der Waals surface area contributed by atoms with Crippen molar-refractivity contribution in [1.29, 1.82) is 0 Å². The summed E-state index contributed by atoms with van der Waals surface area (Å²) >= 11 is 1.15. The Kier molecular flexibility index (Phi) is 6.60. The third kappa shape index (κ3) is 4.82. The first kappa shape index (κ1) is 25.7. The zero-order valence-corrected chi connectivity index (χ0v) is 20.9. The maximum absolute atomic E-state index is 15.8. The van der Waals surface area contributed by atoms with Gasteiger partial charge in [0.2, 0.25) is 5.95 Å². The number of nitrogen functional groups attached to an aromatic ring is 1. The molecule has 4 rings (SSSR count). The van der Waals surface area contributed by atoms with Crippen LogP contribution in [0.15, 0.2) is 47.5 Å².